The van der Waals surface area contributed by atoms with Gasteiger partial charge in [-0.25, -0.2) is 0 Å². The summed E-state index contributed by atoms with van der Waals surface area (Å²) in [5.74, 6) is -0.0153. The van der Waals surface area contributed by atoms with Crippen molar-refractivity contribution >= 4 is 5.91 Å². The van der Waals surface area contributed by atoms with Crippen molar-refractivity contribution in [2.45, 2.75) is 18.9 Å². The van der Waals surface area contributed by atoms with Crippen molar-refractivity contribution in [3.8, 4) is 6.07 Å². The van der Waals surface area contributed by atoms with Crippen LogP contribution in [0.25, 0.3) is 0 Å². The highest BCUT2D eigenvalue weighted by Crippen LogP contribution is 2.32. The van der Waals surface area contributed by atoms with E-state index in [4.69, 9.17) is 5.26 Å². The molecule has 106 valence electrons. The van der Waals surface area contributed by atoms with Crippen LogP contribution in [0.2, 0.25) is 0 Å². The van der Waals surface area contributed by atoms with Gasteiger partial charge in [0.25, 0.3) is 5.91 Å². The van der Waals surface area contributed by atoms with Crippen molar-refractivity contribution in [3.05, 3.63) is 53.3 Å². The van der Waals surface area contributed by atoms with Gasteiger partial charge in [-0.2, -0.15) is 10.4 Å². The number of hydrogen-bond donors (Lipinski definition) is 0. The van der Waals surface area contributed by atoms with Gasteiger partial charge in [-0.15, -0.1) is 0 Å². The lowest BCUT2D eigenvalue weighted by Crippen LogP contribution is -2.30. The number of benzene rings is 1. The summed E-state index contributed by atoms with van der Waals surface area (Å²) >= 11 is 0. The number of aryl methyl sites for hydroxylation is 1. The topological polar surface area (TPSA) is 61.9 Å². The zero-order chi connectivity index (χ0) is 14.8. The summed E-state index contributed by atoms with van der Waals surface area (Å²) in [6.07, 6.45) is 5.72. The quantitative estimate of drug-likeness (QED) is 0.847. The summed E-state index contributed by atoms with van der Waals surface area (Å²) in [4.78, 5) is 14.6. The monoisotopic (exact) mass is 280 g/mol. The summed E-state index contributed by atoms with van der Waals surface area (Å²) < 4.78 is 1.76. The molecule has 0 aliphatic carbocycles. The number of hydrogen-bond acceptors (Lipinski definition) is 3. The molecule has 1 aromatic heterocycles. The van der Waals surface area contributed by atoms with Gasteiger partial charge < -0.3 is 4.90 Å². The van der Waals surface area contributed by atoms with Gasteiger partial charge in [-0.3, -0.25) is 9.48 Å². The predicted octanol–water partition coefficient (Wildman–Crippen LogP) is 2.27. The van der Waals surface area contributed by atoms with Crippen LogP contribution in [0.5, 0.6) is 0 Å². The number of aromatic nitrogens is 2. The van der Waals surface area contributed by atoms with Crippen molar-refractivity contribution in [2.75, 3.05) is 6.54 Å². The van der Waals surface area contributed by atoms with Crippen LogP contribution in [0, 0.1) is 11.3 Å². The Hall–Kier alpha value is -2.61. The van der Waals surface area contributed by atoms with Crippen LogP contribution in [-0.4, -0.2) is 27.1 Å². The summed E-state index contributed by atoms with van der Waals surface area (Å²) in [6.45, 7) is 0.745. The van der Waals surface area contributed by atoms with Crippen LogP contribution in [0.4, 0.5) is 0 Å². The Morgan fingerprint density at radius 2 is 2.33 bits per heavy atom. The van der Waals surface area contributed by atoms with Gasteiger partial charge in [0.05, 0.1) is 23.9 Å². The Labute approximate surface area is 123 Å². The Bertz CT molecular complexity index is 713. The molecule has 1 aromatic carbocycles. The molecule has 5 nitrogen and oxygen atoms in total. The zero-order valence-electron chi connectivity index (χ0n) is 11.9. The molecule has 0 unspecified atom stereocenters. The molecule has 1 aliphatic rings. The Balaban J connectivity index is 1.88. The molecule has 0 saturated carbocycles. The number of likely N-dealkylation sites (tertiary alicyclic amines) is 1. The predicted molar refractivity (Wildman–Crippen MR) is 77.4 cm³/mol. The highest BCUT2D eigenvalue weighted by atomic mass is 16.2. The van der Waals surface area contributed by atoms with Crippen LogP contribution >= 0.6 is 0 Å². The minimum Gasteiger partial charge on any atom is -0.331 e. The second kappa shape index (κ2) is 5.41. The number of amides is 1. The molecule has 2 aromatic rings. The molecule has 3 rings (SSSR count). The highest BCUT2D eigenvalue weighted by molar-refractivity contribution is 5.95. The Kier molecular flexibility index (Phi) is 3.44. The molecule has 0 bridgehead atoms. The van der Waals surface area contributed by atoms with Gasteiger partial charge in [0, 0.05) is 30.9 Å². The average Bonchev–Trinajstić information content (AvgIpc) is 3.15. The second-order valence-corrected chi connectivity index (χ2v) is 5.30. The van der Waals surface area contributed by atoms with E-state index in [1.54, 1.807) is 28.9 Å². The molecular weight excluding hydrogens is 264 g/mol. The smallest absolute Gasteiger partial charge is 0.254 e. The fourth-order valence-corrected chi connectivity index (χ4v) is 2.86. The van der Waals surface area contributed by atoms with Crippen LogP contribution < -0.4 is 0 Å². The second-order valence-electron chi connectivity index (χ2n) is 5.30. The Morgan fingerprint density at radius 1 is 1.48 bits per heavy atom. The van der Waals surface area contributed by atoms with Gasteiger partial charge in [0.15, 0.2) is 0 Å². The third kappa shape index (κ3) is 2.52. The number of rotatable bonds is 2. The highest BCUT2D eigenvalue weighted by Gasteiger charge is 2.31. The molecule has 5 heteroatoms. The zero-order valence-corrected chi connectivity index (χ0v) is 11.9. The lowest BCUT2D eigenvalue weighted by Gasteiger charge is -2.24. The fraction of sp³-hybridized carbons (Fsp3) is 0.312. The minimum absolute atomic E-state index is 0.0153. The van der Waals surface area contributed by atoms with Gasteiger partial charge in [-0.1, -0.05) is 6.07 Å². The SMILES string of the molecule is Cn1cc([C@H]2CCCN2C(=O)c2cccc(C#N)c2)cn1. The molecule has 2 heterocycles. The summed E-state index contributed by atoms with van der Waals surface area (Å²) in [7, 11) is 1.88. The van der Waals surface area contributed by atoms with Gasteiger partial charge in [-0.05, 0) is 31.0 Å². The number of carbonyl (C=O) groups is 1. The number of carbonyl (C=O) groups excluding carboxylic acids is 1. The Morgan fingerprint density at radius 3 is 3.05 bits per heavy atom. The minimum atomic E-state index is -0.0153. The maximum atomic E-state index is 12.7. The van der Waals surface area contributed by atoms with E-state index in [2.05, 4.69) is 11.2 Å². The van der Waals surface area contributed by atoms with E-state index >= 15 is 0 Å². The van der Waals surface area contributed by atoms with E-state index in [0.29, 0.717) is 11.1 Å². The first-order chi connectivity index (χ1) is 10.2. The summed E-state index contributed by atoms with van der Waals surface area (Å²) in [5, 5.41) is 13.1. The lowest BCUT2D eigenvalue weighted by molar-refractivity contribution is 0.0735. The van der Waals surface area contributed by atoms with E-state index < -0.39 is 0 Å². The van der Waals surface area contributed by atoms with Crippen molar-refractivity contribution in [1.29, 1.82) is 5.26 Å². The maximum Gasteiger partial charge on any atom is 0.254 e. The normalized spacial score (nSPS) is 17.7. The van der Waals surface area contributed by atoms with Crippen molar-refractivity contribution in [2.24, 2.45) is 7.05 Å². The molecule has 1 saturated heterocycles. The standard InChI is InChI=1S/C16H16N4O/c1-19-11-14(10-18-19)15-6-3-7-20(15)16(21)13-5-2-4-12(8-13)9-17/h2,4-5,8,10-11,15H,3,6-7H2,1H3/t15-/m1/s1. The molecule has 0 N–H and O–H groups in total. The van der Waals surface area contributed by atoms with Crippen LogP contribution in [0.3, 0.4) is 0 Å². The lowest BCUT2D eigenvalue weighted by atomic mass is 10.1. The van der Waals surface area contributed by atoms with E-state index in [9.17, 15) is 4.79 Å². The van der Waals surface area contributed by atoms with E-state index in [-0.39, 0.29) is 11.9 Å². The molecule has 1 atom stereocenters. The number of nitriles is 1. The third-order valence-corrected chi connectivity index (χ3v) is 3.86. The van der Waals surface area contributed by atoms with Gasteiger partial charge in [0.2, 0.25) is 0 Å². The van der Waals surface area contributed by atoms with Crippen LogP contribution in [-0.2, 0) is 7.05 Å². The molecule has 1 aliphatic heterocycles. The molecule has 21 heavy (non-hydrogen) atoms. The van der Waals surface area contributed by atoms with Gasteiger partial charge in [0.1, 0.15) is 0 Å². The van der Waals surface area contributed by atoms with Crippen molar-refractivity contribution < 1.29 is 4.79 Å². The average molecular weight is 280 g/mol. The van der Waals surface area contributed by atoms with Crippen molar-refractivity contribution in [3.63, 3.8) is 0 Å². The molecular formula is C16H16N4O. The van der Waals surface area contributed by atoms with E-state index in [0.717, 1.165) is 24.9 Å². The first-order valence-electron chi connectivity index (χ1n) is 6.99. The first-order valence-corrected chi connectivity index (χ1v) is 6.99. The van der Waals surface area contributed by atoms with E-state index in [1.807, 2.05) is 24.3 Å². The first kappa shape index (κ1) is 13.4. The third-order valence-electron chi connectivity index (χ3n) is 3.86. The summed E-state index contributed by atoms with van der Waals surface area (Å²) in [6, 6.07) is 9.03. The van der Waals surface area contributed by atoms with Gasteiger partial charge >= 0.3 is 0 Å². The van der Waals surface area contributed by atoms with Crippen LogP contribution in [0.15, 0.2) is 36.7 Å². The van der Waals surface area contributed by atoms with E-state index in [1.165, 1.54) is 0 Å². The van der Waals surface area contributed by atoms with Crippen molar-refractivity contribution in [1.82, 2.24) is 14.7 Å². The molecule has 0 radical (unpaired) electrons. The molecule has 1 fully saturated rings. The maximum absolute atomic E-state index is 12.7. The summed E-state index contributed by atoms with van der Waals surface area (Å²) in [5.41, 5.74) is 2.16. The van der Waals surface area contributed by atoms with Crippen LogP contribution in [0.1, 0.15) is 40.4 Å². The molecule has 0 spiro atoms. The largest absolute Gasteiger partial charge is 0.331 e. The molecule has 1 amide bonds. The number of nitrogens with zero attached hydrogens (tertiary/aromatic N) is 4. The fourth-order valence-electron chi connectivity index (χ4n) is 2.86.